The molecular weight excluding hydrogens is 498 g/mol. The van der Waals surface area contributed by atoms with Crippen molar-refractivity contribution in [1.29, 1.82) is 0 Å². The van der Waals surface area contributed by atoms with E-state index in [9.17, 15) is 14.4 Å². The summed E-state index contributed by atoms with van der Waals surface area (Å²) >= 11 is 1.78. The molecule has 127 valence electrons. The van der Waals surface area contributed by atoms with Crippen molar-refractivity contribution < 1.29 is 14.3 Å². The zero-order valence-corrected chi connectivity index (χ0v) is 17.2. The van der Waals surface area contributed by atoms with Gasteiger partial charge in [-0.15, -0.1) is 0 Å². The van der Waals surface area contributed by atoms with Gasteiger partial charge in [-0.2, -0.15) is 0 Å². The molecule has 8 heteroatoms. The molecule has 2 amide bonds. The third kappa shape index (κ3) is 3.87. The van der Waals surface area contributed by atoms with E-state index in [1.807, 2.05) is 17.0 Å². The molecule has 1 aromatic heterocycles. The second-order valence-corrected chi connectivity index (χ2v) is 8.46. The molecule has 0 bridgehead atoms. The number of fused-ring (bicyclic) bond motifs is 1. The van der Waals surface area contributed by atoms with E-state index < -0.39 is 0 Å². The number of amides is 2. The van der Waals surface area contributed by atoms with Crippen molar-refractivity contribution in [3.05, 3.63) is 65.9 Å². The summed E-state index contributed by atoms with van der Waals surface area (Å²) in [4.78, 5) is 40.8. The Hall–Kier alpha value is -1.86. The van der Waals surface area contributed by atoms with Gasteiger partial charge in [-0.05, 0) is 0 Å². The van der Waals surface area contributed by atoms with Gasteiger partial charge in [0.2, 0.25) is 0 Å². The van der Waals surface area contributed by atoms with E-state index in [1.54, 1.807) is 6.07 Å². The van der Waals surface area contributed by atoms with Gasteiger partial charge in [-0.25, -0.2) is 0 Å². The van der Waals surface area contributed by atoms with Gasteiger partial charge < -0.3 is 0 Å². The Kier molecular flexibility index (Phi) is 5.44. The van der Waals surface area contributed by atoms with Crippen molar-refractivity contribution in [3.8, 4) is 5.75 Å². The Balaban J connectivity index is 1.84. The first-order chi connectivity index (χ1) is 12.0. The fraction of sp³-hybridized carbons (Fsp3) is 0.118. The average Bonchev–Trinajstić information content (AvgIpc) is 2.57. The second kappa shape index (κ2) is 7.57. The number of carbonyl (C=O) groups excluding carboxylic acids is 2. The second-order valence-electron chi connectivity index (χ2n) is 5.25. The van der Waals surface area contributed by atoms with Crippen LogP contribution in [0, 0.1) is 3.57 Å². The summed E-state index contributed by atoms with van der Waals surface area (Å²) < 4.78 is 5.90. The summed E-state index contributed by atoms with van der Waals surface area (Å²) in [6.07, 6.45) is 1.54. The third-order valence-electron chi connectivity index (χ3n) is 3.63. The normalized spacial score (nSPS) is 15.5. The van der Waals surface area contributed by atoms with Crippen LogP contribution in [0.2, 0.25) is 0 Å². The summed E-state index contributed by atoms with van der Waals surface area (Å²) in [5.74, 6) is -0.477. The van der Waals surface area contributed by atoms with Crippen LogP contribution in [-0.4, -0.2) is 39.7 Å². The number of pyridine rings is 1. The van der Waals surface area contributed by atoms with Crippen LogP contribution in [0.15, 0.2) is 40.1 Å². The van der Waals surface area contributed by atoms with E-state index in [0.717, 1.165) is 9.26 Å². The van der Waals surface area contributed by atoms with Crippen molar-refractivity contribution in [3.63, 3.8) is 0 Å². The number of hydrogen-bond donors (Lipinski definition) is 2. The predicted molar refractivity (Wildman–Crippen MR) is 103 cm³/mol. The van der Waals surface area contributed by atoms with Crippen molar-refractivity contribution in [2.75, 3.05) is 7.11 Å². The third-order valence-corrected chi connectivity index (χ3v) is 6.32. The molecular formula is C17H13AsIN2O4. The molecule has 2 N–H and O–H groups in total. The minimum absolute atomic E-state index is 0.175. The summed E-state index contributed by atoms with van der Waals surface area (Å²) in [6, 6.07) is 6.91. The number of hydrogen-bond acceptors (Lipinski definition) is 4. The van der Waals surface area contributed by atoms with Crippen molar-refractivity contribution in [2.45, 2.75) is 5.21 Å². The molecule has 1 aromatic carbocycles. The van der Waals surface area contributed by atoms with Crippen LogP contribution in [-0.2, 0) is 10.0 Å². The summed E-state index contributed by atoms with van der Waals surface area (Å²) in [5.41, 5.74) is 2.30. The molecule has 1 aliphatic rings. The maximum absolute atomic E-state index is 12.2. The molecule has 2 aromatic rings. The molecule has 0 aliphatic carbocycles. The molecule has 3 rings (SSSR count). The number of benzene rings is 1. The van der Waals surface area contributed by atoms with Gasteiger partial charge in [0.15, 0.2) is 0 Å². The monoisotopic (exact) mass is 511 g/mol. The van der Waals surface area contributed by atoms with E-state index in [4.69, 9.17) is 4.74 Å². The number of aromatic nitrogens is 1. The fourth-order valence-electron chi connectivity index (χ4n) is 2.41. The SMILES string of the molecule is COc1c[nH]c(C[As]C=C2C(=O)NC(=O)c3ccc(I)cc32)cc1=O. The number of H-pyrrole nitrogens is 1. The van der Waals surface area contributed by atoms with Crippen LogP contribution >= 0.6 is 22.6 Å². The molecule has 0 fully saturated rings. The van der Waals surface area contributed by atoms with Gasteiger partial charge in [-0.1, -0.05) is 0 Å². The number of nitrogens with one attached hydrogen (secondary N) is 2. The molecule has 0 atom stereocenters. The van der Waals surface area contributed by atoms with E-state index in [0.29, 0.717) is 21.9 Å². The summed E-state index contributed by atoms with van der Waals surface area (Å²) in [6.45, 7) is 0. The van der Waals surface area contributed by atoms with Crippen LogP contribution in [0.4, 0.5) is 0 Å². The number of imide groups is 1. The maximum atomic E-state index is 12.2. The molecule has 0 unspecified atom stereocenters. The van der Waals surface area contributed by atoms with Crippen molar-refractivity contribution in [1.82, 2.24) is 10.3 Å². The van der Waals surface area contributed by atoms with E-state index >= 15 is 0 Å². The van der Waals surface area contributed by atoms with Crippen LogP contribution in [0.3, 0.4) is 0 Å². The number of ether oxygens (including phenoxy) is 1. The molecule has 0 saturated heterocycles. The Labute approximate surface area is 163 Å². The molecule has 6 nitrogen and oxygen atoms in total. The van der Waals surface area contributed by atoms with Crippen LogP contribution in [0.25, 0.3) is 5.57 Å². The number of aromatic amines is 1. The van der Waals surface area contributed by atoms with Crippen molar-refractivity contribution >= 4 is 55.7 Å². The predicted octanol–water partition coefficient (Wildman–Crippen LogP) is 1.50. The van der Waals surface area contributed by atoms with Crippen molar-refractivity contribution in [2.24, 2.45) is 0 Å². The van der Waals surface area contributed by atoms with Crippen LogP contribution in [0.5, 0.6) is 5.75 Å². The number of halogens is 1. The van der Waals surface area contributed by atoms with Crippen LogP contribution in [0.1, 0.15) is 21.6 Å². The molecule has 0 saturated carbocycles. The zero-order valence-electron chi connectivity index (χ0n) is 13.1. The first-order valence-corrected chi connectivity index (χ1v) is 10.8. The minimum atomic E-state index is -0.377. The average molecular weight is 511 g/mol. The molecule has 0 spiro atoms. The Bertz CT molecular complexity index is 952. The first-order valence-electron chi connectivity index (χ1n) is 7.27. The van der Waals surface area contributed by atoms with Gasteiger partial charge in [0.05, 0.1) is 0 Å². The quantitative estimate of drug-likeness (QED) is 0.282. The summed E-state index contributed by atoms with van der Waals surface area (Å²) in [7, 11) is 1.45. The van der Waals surface area contributed by atoms with E-state index in [-0.39, 0.29) is 38.7 Å². The van der Waals surface area contributed by atoms with Gasteiger partial charge in [0.1, 0.15) is 0 Å². The van der Waals surface area contributed by atoms with E-state index in [2.05, 4.69) is 32.9 Å². The number of carbonyl (C=O) groups is 2. The standard InChI is InChI=1S/C17H13AsIN2O4/c1-25-15-8-20-10(5-14(15)22)6-18-7-13-12-4-9(19)2-3-11(12)16(23)21-17(13)24/h2-5,7-8H,6H2,1H3,(H,20,22)(H,21,23,24). The first kappa shape index (κ1) is 17.9. The number of rotatable bonds is 4. The molecule has 2 heterocycles. The van der Waals surface area contributed by atoms with Gasteiger partial charge in [0, 0.05) is 0 Å². The van der Waals surface area contributed by atoms with Gasteiger partial charge >= 0.3 is 164 Å². The van der Waals surface area contributed by atoms with Gasteiger partial charge in [-0.3, -0.25) is 0 Å². The number of methoxy groups -OCH3 is 1. The molecule has 25 heavy (non-hydrogen) atoms. The molecule has 1 radical (unpaired) electrons. The zero-order chi connectivity index (χ0) is 18.0. The van der Waals surface area contributed by atoms with E-state index in [1.165, 1.54) is 19.4 Å². The Morgan fingerprint density at radius 1 is 1.16 bits per heavy atom. The topological polar surface area (TPSA) is 88.3 Å². The summed E-state index contributed by atoms with van der Waals surface area (Å²) in [5, 5.41) is 3.02. The van der Waals surface area contributed by atoms with Gasteiger partial charge in [0.25, 0.3) is 0 Å². The Morgan fingerprint density at radius 2 is 1.96 bits per heavy atom. The molecule has 1 aliphatic heterocycles. The van der Waals surface area contributed by atoms with Crippen LogP contribution < -0.4 is 15.5 Å². The fourth-order valence-corrected chi connectivity index (χ4v) is 4.81. The Morgan fingerprint density at radius 3 is 2.68 bits per heavy atom.